The predicted octanol–water partition coefficient (Wildman–Crippen LogP) is 5.24. The molecule has 3 heterocycles. The van der Waals surface area contributed by atoms with Gasteiger partial charge in [-0.3, -0.25) is 9.69 Å². The molecule has 0 saturated heterocycles. The third-order valence-electron chi connectivity index (χ3n) is 5.68. The van der Waals surface area contributed by atoms with E-state index < -0.39 is 6.17 Å². The molecule has 0 unspecified atom stereocenters. The Labute approximate surface area is 195 Å². The number of aromatic hydroxyl groups is 1. The third-order valence-corrected chi connectivity index (χ3v) is 6.75. The van der Waals surface area contributed by atoms with Gasteiger partial charge in [-0.2, -0.15) is 0 Å². The molecule has 1 aliphatic heterocycles. The molecular formula is C25H23N3O4S. The molecule has 2 N–H and O–H groups in total. The first kappa shape index (κ1) is 21.2. The van der Waals surface area contributed by atoms with Crippen molar-refractivity contribution in [3.8, 4) is 11.5 Å². The van der Waals surface area contributed by atoms with E-state index in [1.54, 1.807) is 31.3 Å². The van der Waals surface area contributed by atoms with Crippen molar-refractivity contribution >= 4 is 38.8 Å². The van der Waals surface area contributed by atoms with Crippen molar-refractivity contribution in [3.63, 3.8) is 0 Å². The summed E-state index contributed by atoms with van der Waals surface area (Å²) >= 11 is 1.38. The quantitative estimate of drug-likeness (QED) is 0.423. The minimum Gasteiger partial charge on any atom is -0.508 e. The van der Waals surface area contributed by atoms with Gasteiger partial charge in [-0.1, -0.05) is 12.1 Å². The van der Waals surface area contributed by atoms with Crippen LogP contribution in [-0.4, -0.2) is 30.2 Å². The zero-order valence-corrected chi connectivity index (χ0v) is 19.3. The van der Waals surface area contributed by atoms with Crippen LogP contribution >= 0.6 is 11.3 Å². The van der Waals surface area contributed by atoms with E-state index in [0.29, 0.717) is 17.2 Å². The van der Waals surface area contributed by atoms with Crippen molar-refractivity contribution < 1.29 is 19.4 Å². The first-order valence-electron chi connectivity index (χ1n) is 10.4. The molecule has 0 radical (unpaired) electrons. The summed E-state index contributed by atoms with van der Waals surface area (Å²) in [4.78, 5) is 21.7. The molecule has 33 heavy (non-hydrogen) atoms. The van der Waals surface area contributed by atoms with Crippen LogP contribution in [0.4, 0.5) is 11.4 Å². The van der Waals surface area contributed by atoms with Crippen molar-refractivity contribution in [2.45, 2.75) is 19.7 Å². The number of hydrogen-bond donors (Lipinski definition) is 2. The molecule has 1 atom stereocenters. The van der Waals surface area contributed by atoms with Gasteiger partial charge in [0, 0.05) is 23.9 Å². The van der Waals surface area contributed by atoms with Crippen molar-refractivity contribution in [1.29, 1.82) is 0 Å². The molecule has 1 aliphatic rings. The van der Waals surface area contributed by atoms with Gasteiger partial charge in [0.25, 0.3) is 5.91 Å². The first-order chi connectivity index (χ1) is 16.0. The highest BCUT2D eigenvalue weighted by Crippen LogP contribution is 2.45. The van der Waals surface area contributed by atoms with Gasteiger partial charge in [0.05, 0.1) is 19.4 Å². The fraction of sp³-hybridized carbons (Fsp3) is 0.200. The lowest BCUT2D eigenvalue weighted by Gasteiger charge is -2.37. The number of anilines is 2. The lowest BCUT2D eigenvalue weighted by atomic mass is 10.0. The van der Waals surface area contributed by atoms with E-state index in [1.807, 2.05) is 49.4 Å². The van der Waals surface area contributed by atoms with Crippen LogP contribution in [-0.2, 0) is 11.3 Å². The summed E-state index contributed by atoms with van der Waals surface area (Å²) in [5.74, 6) is 0.764. The van der Waals surface area contributed by atoms with Gasteiger partial charge in [-0.15, -0.1) is 11.3 Å². The summed E-state index contributed by atoms with van der Waals surface area (Å²) in [5, 5.41) is 14.3. The Kier molecular flexibility index (Phi) is 5.39. The fourth-order valence-electron chi connectivity index (χ4n) is 4.20. The van der Waals surface area contributed by atoms with Gasteiger partial charge in [0.15, 0.2) is 0 Å². The Balaban J connectivity index is 1.71. The van der Waals surface area contributed by atoms with Crippen LogP contribution < -0.4 is 15.0 Å². The van der Waals surface area contributed by atoms with E-state index in [0.717, 1.165) is 38.4 Å². The van der Waals surface area contributed by atoms with E-state index >= 15 is 0 Å². The zero-order chi connectivity index (χ0) is 23.1. The number of hydrogen-bond acceptors (Lipinski definition) is 7. The summed E-state index contributed by atoms with van der Waals surface area (Å²) in [6.45, 7) is 2.36. The van der Waals surface area contributed by atoms with Crippen molar-refractivity contribution in [2.24, 2.45) is 0 Å². The highest BCUT2D eigenvalue weighted by molar-refractivity contribution is 7.21. The smallest absolute Gasteiger partial charge is 0.272 e. The van der Waals surface area contributed by atoms with Gasteiger partial charge in [-0.05, 0) is 60.5 Å². The lowest BCUT2D eigenvalue weighted by Crippen LogP contribution is -2.42. The number of amides is 1. The highest BCUT2D eigenvalue weighted by atomic mass is 32.1. The number of rotatable bonds is 5. The number of phenolic OH excluding ortho intramolecular Hbond substituents is 1. The predicted molar refractivity (Wildman–Crippen MR) is 129 cm³/mol. The number of benzene rings is 2. The molecule has 7 nitrogen and oxygen atoms in total. The molecule has 0 aliphatic carbocycles. The number of aryl methyl sites for hydroxylation is 1. The molecule has 0 fully saturated rings. The van der Waals surface area contributed by atoms with Gasteiger partial charge in [0.1, 0.15) is 27.4 Å². The average molecular weight is 462 g/mol. The van der Waals surface area contributed by atoms with E-state index in [1.165, 1.54) is 11.3 Å². The van der Waals surface area contributed by atoms with E-state index in [4.69, 9.17) is 14.5 Å². The highest BCUT2D eigenvalue weighted by Gasteiger charge is 2.37. The number of carbonyl (C=O) groups is 1. The number of aromatic nitrogens is 1. The average Bonchev–Trinajstić information content (AvgIpc) is 3.18. The normalized spacial score (nSPS) is 15.4. The van der Waals surface area contributed by atoms with Crippen LogP contribution in [0, 0.1) is 6.92 Å². The van der Waals surface area contributed by atoms with E-state index in [2.05, 4.69) is 5.32 Å². The van der Waals surface area contributed by atoms with Gasteiger partial charge in [0.2, 0.25) is 0 Å². The second-order valence-electron chi connectivity index (χ2n) is 7.85. The maximum absolute atomic E-state index is 13.9. The van der Waals surface area contributed by atoms with Crippen molar-refractivity contribution in [3.05, 3.63) is 76.3 Å². The Morgan fingerprint density at radius 3 is 2.52 bits per heavy atom. The lowest BCUT2D eigenvalue weighted by molar-refractivity contribution is 0.0979. The molecule has 0 spiro atoms. The molecule has 1 amide bonds. The molecule has 5 rings (SSSR count). The molecule has 4 aromatic rings. The number of carbonyl (C=O) groups excluding carboxylic acids is 1. The Morgan fingerprint density at radius 1 is 1.12 bits per heavy atom. The molecular weight excluding hydrogens is 438 g/mol. The number of pyridine rings is 1. The zero-order valence-electron chi connectivity index (χ0n) is 18.5. The van der Waals surface area contributed by atoms with Crippen molar-refractivity contribution in [1.82, 2.24) is 4.98 Å². The Hall–Kier alpha value is -3.62. The van der Waals surface area contributed by atoms with Crippen LogP contribution in [0.25, 0.3) is 10.2 Å². The number of thiophene rings is 1. The van der Waals surface area contributed by atoms with Gasteiger partial charge in [-0.25, -0.2) is 4.98 Å². The molecule has 168 valence electrons. The van der Waals surface area contributed by atoms with Gasteiger partial charge >= 0.3 is 0 Å². The van der Waals surface area contributed by atoms with Gasteiger partial charge < -0.3 is 19.9 Å². The Morgan fingerprint density at radius 2 is 1.85 bits per heavy atom. The minimum atomic E-state index is -0.478. The third kappa shape index (κ3) is 3.67. The van der Waals surface area contributed by atoms with Crippen LogP contribution in [0.2, 0.25) is 0 Å². The van der Waals surface area contributed by atoms with E-state index in [9.17, 15) is 9.90 Å². The fourth-order valence-corrected chi connectivity index (χ4v) is 5.36. The maximum atomic E-state index is 13.9. The van der Waals surface area contributed by atoms with E-state index in [-0.39, 0.29) is 11.7 Å². The summed E-state index contributed by atoms with van der Waals surface area (Å²) in [6, 6.07) is 16.3. The maximum Gasteiger partial charge on any atom is 0.272 e. The van der Waals surface area contributed by atoms with Crippen LogP contribution in [0.5, 0.6) is 11.5 Å². The largest absolute Gasteiger partial charge is 0.508 e. The SMILES string of the molecule is COCc1cc(C)nc2sc3c(c12)N[C@H](c1ccc(O)cc1)N(c1ccc(OC)cc1)C3=O. The molecule has 8 heteroatoms. The summed E-state index contributed by atoms with van der Waals surface area (Å²) in [7, 11) is 3.27. The minimum absolute atomic E-state index is 0.115. The van der Waals surface area contributed by atoms with Crippen LogP contribution in [0.1, 0.15) is 32.7 Å². The van der Waals surface area contributed by atoms with Crippen LogP contribution in [0.3, 0.4) is 0 Å². The number of nitrogens with zero attached hydrogens (tertiary/aromatic N) is 2. The summed E-state index contributed by atoms with van der Waals surface area (Å²) in [6.07, 6.45) is -0.478. The number of fused-ring (bicyclic) bond motifs is 3. The molecule has 2 aromatic heterocycles. The van der Waals surface area contributed by atoms with Crippen LogP contribution in [0.15, 0.2) is 54.6 Å². The molecule has 0 saturated carbocycles. The first-order valence-corrected chi connectivity index (χ1v) is 11.3. The monoisotopic (exact) mass is 461 g/mol. The molecule has 0 bridgehead atoms. The topological polar surface area (TPSA) is 83.9 Å². The standard InChI is InChI=1S/C25H23N3O4S/c1-14-12-16(13-31-2)20-21-22(33-24(20)26-14)25(30)28(17-6-10-19(32-3)11-7-17)23(27-21)15-4-8-18(29)9-5-15/h4-12,23,27,29H,13H2,1-3H3/t23-/m0/s1. The second-order valence-corrected chi connectivity index (χ2v) is 8.85. The summed E-state index contributed by atoms with van der Waals surface area (Å²) in [5.41, 5.74) is 4.20. The molecule has 2 aromatic carbocycles. The number of ether oxygens (including phenoxy) is 2. The second kappa shape index (κ2) is 8.38. The number of nitrogens with one attached hydrogen (secondary N) is 1. The Bertz CT molecular complexity index is 1330. The number of phenols is 1. The van der Waals surface area contributed by atoms with Crippen molar-refractivity contribution in [2.75, 3.05) is 24.4 Å². The number of methoxy groups -OCH3 is 2. The summed E-state index contributed by atoms with van der Waals surface area (Å²) < 4.78 is 10.7.